The van der Waals surface area contributed by atoms with Crippen LogP contribution in [0.2, 0.25) is 0 Å². The van der Waals surface area contributed by atoms with Gasteiger partial charge in [-0.1, -0.05) is 32.0 Å². The van der Waals surface area contributed by atoms with Crippen molar-refractivity contribution < 1.29 is 23.9 Å². The van der Waals surface area contributed by atoms with Crippen molar-refractivity contribution in [3.05, 3.63) is 66.4 Å². The molecule has 288 valence electrons. The molecule has 0 aliphatic carbocycles. The van der Waals surface area contributed by atoms with E-state index in [9.17, 15) is 14.4 Å². The summed E-state index contributed by atoms with van der Waals surface area (Å²) in [6.07, 6.45) is 5.93. The lowest BCUT2D eigenvalue weighted by atomic mass is 9.90. The molecule has 55 heavy (non-hydrogen) atoms. The van der Waals surface area contributed by atoms with Gasteiger partial charge in [-0.15, -0.1) is 0 Å². The number of carbonyl (C=O) groups is 3. The smallest absolute Gasteiger partial charge is 0.407 e. The van der Waals surface area contributed by atoms with Crippen molar-refractivity contribution in [2.75, 3.05) is 33.4 Å². The lowest BCUT2D eigenvalue weighted by molar-refractivity contribution is -0.137. The molecule has 0 saturated carbocycles. The molecule has 4 atom stereocenters. The van der Waals surface area contributed by atoms with Gasteiger partial charge in [-0.25, -0.2) is 19.7 Å². The molecule has 2 aromatic carbocycles. The number of nitrogens with one attached hydrogen (secondary N) is 3. The van der Waals surface area contributed by atoms with Crippen LogP contribution in [0.15, 0.2) is 54.7 Å². The zero-order valence-corrected chi connectivity index (χ0v) is 31.6. The molecule has 14 nitrogen and oxygen atoms in total. The van der Waals surface area contributed by atoms with Gasteiger partial charge < -0.3 is 40.3 Å². The Labute approximate surface area is 319 Å². The zero-order valence-electron chi connectivity index (χ0n) is 31.6. The lowest BCUT2D eigenvalue weighted by Gasteiger charge is -2.34. The zero-order chi connectivity index (χ0) is 38.2. The van der Waals surface area contributed by atoms with Crippen LogP contribution < -0.4 is 11.1 Å². The number of benzene rings is 2. The van der Waals surface area contributed by atoms with Crippen molar-refractivity contribution in [1.29, 1.82) is 0 Å². The van der Waals surface area contributed by atoms with Crippen LogP contribution >= 0.6 is 0 Å². The first-order valence-electron chi connectivity index (χ1n) is 19.4. The topological polar surface area (TPSA) is 184 Å². The number of ether oxygens (including phenoxy) is 2. The summed E-state index contributed by atoms with van der Waals surface area (Å²) in [6.45, 7) is 6.34. The molecule has 3 saturated heterocycles. The summed E-state index contributed by atoms with van der Waals surface area (Å²) < 4.78 is 10.4. The fourth-order valence-corrected chi connectivity index (χ4v) is 8.36. The second-order valence-electron chi connectivity index (χ2n) is 15.4. The van der Waals surface area contributed by atoms with E-state index >= 15 is 0 Å². The number of imidazole rings is 2. The number of methoxy groups -OCH3 is 1. The largest absolute Gasteiger partial charge is 0.453 e. The number of carbonyl (C=O) groups excluding carboxylic acids is 3. The third kappa shape index (κ3) is 7.28. The standard InChI is InChI=1S/C41H49N9O5/c1-23(2)35(42)39(51)49-16-5-7-34(49)38-45-29-12-9-26(21-31(29)46-38)25-8-11-28-27(20-25)10-13-30(44-28)32-22-43-37(47-32)33-6-4-17-50(33)40(52)36(48-41(53)54-3)24-14-18-55-19-15-24/h8-13,20-24,33-36H,4-7,14-19,42H2,1-3H3,(H,43,47)(H,45,46)(H,48,53)/t33-,34-,35-,36-/m0/s1. The minimum absolute atomic E-state index is 0.0161. The van der Waals surface area contributed by atoms with Gasteiger partial charge in [-0.3, -0.25) is 9.59 Å². The number of nitrogens with two attached hydrogens (primary N) is 1. The molecule has 0 bridgehead atoms. The Balaban J connectivity index is 0.986. The number of likely N-dealkylation sites (tertiary alicyclic amines) is 2. The number of H-pyrrole nitrogens is 2. The third-order valence-corrected chi connectivity index (χ3v) is 11.6. The molecular weight excluding hydrogens is 699 g/mol. The fraction of sp³-hybridized carbons (Fsp3) is 0.463. The maximum atomic E-state index is 14.0. The Morgan fingerprint density at radius 2 is 1.55 bits per heavy atom. The number of nitrogens with zero attached hydrogens (tertiary/aromatic N) is 5. The van der Waals surface area contributed by atoms with E-state index < -0.39 is 18.2 Å². The van der Waals surface area contributed by atoms with E-state index in [0.717, 1.165) is 76.0 Å². The molecule has 3 aromatic heterocycles. The van der Waals surface area contributed by atoms with Gasteiger partial charge in [-0.05, 0) is 91.8 Å². The van der Waals surface area contributed by atoms with Gasteiger partial charge in [0.2, 0.25) is 11.8 Å². The van der Waals surface area contributed by atoms with Crippen LogP contribution in [-0.2, 0) is 19.1 Å². The number of amides is 3. The van der Waals surface area contributed by atoms with Crippen molar-refractivity contribution in [3.8, 4) is 22.5 Å². The SMILES string of the molecule is COC(=O)N[C@H](C(=O)N1CCC[C@H]1c1ncc(-c2ccc3cc(-c4ccc5nc([C@@H]6CCCN6C(=O)[C@@H](N)C(C)C)[nH]c5c4)ccc3n2)[nH]1)C1CCOCC1. The molecule has 3 fully saturated rings. The highest BCUT2D eigenvalue weighted by atomic mass is 16.5. The van der Waals surface area contributed by atoms with Crippen molar-refractivity contribution in [2.45, 2.75) is 76.5 Å². The molecule has 0 radical (unpaired) electrons. The van der Waals surface area contributed by atoms with Gasteiger partial charge in [0, 0.05) is 31.7 Å². The fourth-order valence-electron chi connectivity index (χ4n) is 8.36. The summed E-state index contributed by atoms with van der Waals surface area (Å²) in [5, 5.41) is 3.81. The lowest BCUT2D eigenvalue weighted by Crippen LogP contribution is -2.53. The Hall–Kier alpha value is -5.34. The summed E-state index contributed by atoms with van der Waals surface area (Å²) in [5.41, 5.74) is 12.5. The molecule has 14 heteroatoms. The summed E-state index contributed by atoms with van der Waals surface area (Å²) in [7, 11) is 1.31. The number of hydrogen-bond acceptors (Lipinski definition) is 9. The number of alkyl carbamates (subject to hydrolysis) is 1. The highest BCUT2D eigenvalue weighted by molar-refractivity contribution is 5.89. The molecule has 5 N–H and O–H groups in total. The Bertz CT molecular complexity index is 2210. The quantitative estimate of drug-likeness (QED) is 0.148. The van der Waals surface area contributed by atoms with Gasteiger partial charge >= 0.3 is 6.09 Å². The molecule has 5 aromatic rings. The average molecular weight is 748 g/mol. The van der Waals surface area contributed by atoms with Crippen LogP contribution in [0.5, 0.6) is 0 Å². The first-order valence-corrected chi connectivity index (χ1v) is 19.4. The summed E-state index contributed by atoms with van der Waals surface area (Å²) in [4.78, 5) is 64.6. The van der Waals surface area contributed by atoms with Gasteiger partial charge in [0.15, 0.2) is 0 Å². The Morgan fingerprint density at radius 3 is 2.27 bits per heavy atom. The first kappa shape index (κ1) is 36.6. The van der Waals surface area contributed by atoms with Gasteiger partial charge in [-0.2, -0.15) is 0 Å². The maximum Gasteiger partial charge on any atom is 0.407 e. The van der Waals surface area contributed by atoms with Crippen molar-refractivity contribution in [2.24, 2.45) is 17.6 Å². The second kappa shape index (κ2) is 15.4. The highest BCUT2D eigenvalue weighted by Crippen LogP contribution is 2.36. The summed E-state index contributed by atoms with van der Waals surface area (Å²) >= 11 is 0. The minimum atomic E-state index is -0.688. The Morgan fingerprint density at radius 1 is 0.855 bits per heavy atom. The molecular formula is C41H49N9O5. The van der Waals surface area contributed by atoms with E-state index in [1.54, 1.807) is 6.20 Å². The second-order valence-corrected chi connectivity index (χ2v) is 15.4. The van der Waals surface area contributed by atoms with Gasteiger partial charge in [0.25, 0.3) is 0 Å². The summed E-state index contributed by atoms with van der Waals surface area (Å²) in [6, 6.07) is 14.9. The van der Waals surface area contributed by atoms with Crippen LogP contribution in [0.25, 0.3) is 44.5 Å². The van der Waals surface area contributed by atoms with E-state index in [1.807, 2.05) is 41.8 Å². The van der Waals surface area contributed by atoms with Crippen LogP contribution in [-0.4, -0.2) is 98.1 Å². The summed E-state index contributed by atoms with van der Waals surface area (Å²) in [5.74, 6) is 1.40. The average Bonchev–Trinajstić information content (AvgIpc) is 4.05. The van der Waals surface area contributed by atoms with Crippen molar-refractivity contribution in [1.82, 2.24) is 40.0 Å². The molecule has 6 heterocycles. The third-order valence-electron chi connectivity index (χ3n) is 11.6. The first-order chi connectivity index (χ1) is 26.7. The number of hydrogen-bond donors (Lipinski definition) is 4. The maximum absolute atomic E-state index is 14.0. The molecule has 3 aliphatic heterocycles. The van der Waals surface area contributed by atoms with Crippen LogP contribution in [0, 0.1) is 11.8 Å². The van der Waals surface area contributed by atoms with Crippen LogP contribution in [0.4, 0.5) is 4.79 Å². The molecule has 0 unspecified atom stereocenters. The van der Waals surface area contributed by atoms with E-state index in [1.165, 1.54) is 7.11 Å². The Kier molecular flexibility index (Phi) is 10.3. The molecule has 8 rings (SSSR count). The number of aromatic nitrogens is 5. The van der Waals surface area contributed by atoms with Crippen LogP contribution in [0.1, 0.15) is 76.1 Å². The van der Waals surface area contributed by atoms with E-state index in [-0.39, 0.29) is 35.7 Å². The predicted octanol–water partition coefficient (Wildman–Crippen LogP) is 5.63. The number of rotatable bonds is 9. The number of aromatic amines is 2. The van der Waals surface area contributed by atoms with E-state index in [2.05, 4.69) is 45.6 Å². The van der Waals surface area contributed by atoms with Crippen molar-refractivity contribution in [3.63, 3.8) is 0 Å². The van der Waals surface area contributed by atoms with Gasteiger partial charge in [0.1, 0.15) is 17.7 Å². The molecule has 3 amide bonds. The minimum Gasteiger partial charge on any atom is -0.453 e. The van der Waals surface area contributed by atoms with E-state index in [0.29, 0.717) is 45.0 Å². The normalized spacial score (nSPS) is 20.4. The highest BCUT2D eigenvalue weighted by Gasteiger charge is 2.40. The monoisotopic (exact) mass is 747 g/mol. The predicted molar refractivity (Wildman–Crippen MR) is 207 cm³/mol. The van der Waals surface area contributed by atoms with Gasteiger partial charge in [0.05, 0.1) is 59.4 Å². The van der Waals surface area contributed by atoms with Crippen molar-refractivity contribution >= 4 is 39.8 Å². The molecule has 0 spiro atoms. The number of fused-ring (bicyclic) bond motifs is 2. The van der Waals surface area contributed by atoms with Crippen LogP contribution in [0.3, 0.4) is 0 Å². The van der Waals surface area contributed by atoms with E-state index in [4.69, 9.17) is 30.2 Å². The molecule has 3 aliphatic rings. The number of pyridine rings is 1.